The van der Waals surface area contributed by atoms with Crippen molar-refractivity contribution in [1.29, 1.82) is 5.26 Å². The van der Waals surface area contributed by atoms with Gasteiger partial charge in [-0.05, 0) is 43.5 Å². The van der Waals surface area contributed by atoms with Gasteiger partial charge in [-0.3, -0.25) is 14.9 Å². The summed E-state index contributed by atoms with van der Waals surface area (Å²) in [6, 6.07) is 16.3. The molecule has 0 spiro atoms. The van der Waals surface area contributed by atoms with Crippen LogP contribution in [0.25, 0.3) is 0 Å². The van der Waals surface area contributed by atoms with Crippen molar-refractivity contribution in [3.05, 3.63) is 86.6 Å². The maximum absolute atomic E-state index is 12.6. The minimum absolute atomic E-state index is 0.0210. The maximum atomic E-state index is 12.6. The first-order valence-corrected chi connectivity index (χ1v) is 9.63. The van der Waals surface area contributed by atoms with Gasteiger partial charge in [0.2, 0.25) is 0 Å². The number of hydrogen-bond donors (Lipinski definition) is 1. The summed E-state index contributed by atoms with van der Waals surface area (Å²) < 4.78 is 7.31. The Morgan fingerprint density at radius 3 is 2.55 bits per heavy atom. The Labute approximate surface area is 179 Å². The summed E-state index contributed by atoms with van der Waals surface area (Å²) in [4.78, 5) is 23.3. The van der Waals surface area contributed by atoms with Gasteiger partial charge in [0.05, 0.1) is 10.5 Å². The van der Waals surface area contributed by atoms with E-state index in [2.05, 4.69) is 11.4 Å². The van der Waals surface area contributed by atoms with E-state index in [0.29, 0.717) is 17.9 Å². The monoisotopic (exact) mass is 418 g/mol. The van der Waals surface area contributed by atoms with E-state index < -0.39 is 17.4 Å². The van der Waals surface area contributed by atoms with Crippen LogP contribution in [0.5, 0.6) is 5.75 Å². The molecule has 8 heteroatoms. The van der Waals surface area contributed by atoms with Crippen molar-refractivity contribution in [3.8, 4) is 11.8 Å². The summed E-state index contributed by atoms with van der Waals surface area (Å²) in [6.45, 7) is 5.55. The molecule has 0 unspecified atom stereocenters. The molecule has 0 saturated heterocycles. The quantitative estimate of drug-likeness (QED) is 0.455. The molecule has 3 aromatic rings. The van der Waals surface area contributed by atoms with Gasteiger partial charge in [-0.15, -0.1) is 0 Å². The number of nitriles is 1. The third kappa shape index (κ3) is 4.73. The zero-order valence-corrected chi connectivity index (χ0v) is 17.5. The van der Waals surface area contributed by atoms with Crippen molar-refractivity contribution in [1.82, 2.24) is 4.57 Å². The first-order valence-electron chi connectivity index (χ1n) is 9.63. The number of ether oxygens (including phenoxy) is 1. The minimum Gasteiger partial charge on any atom is -0.477 e. The molecule has 0 saturated carbocycles. The van der Waals surface area contributed by atoms with E-state index in [9.17, 15) is 20.2 Å². The number of nitro groups is 1. The number of carbonyl (C=O) groups is 1. The number of aryl methyl sites for hydroxylation is 1. The third-order valence-corrected chi connectivity index (χ3v) is 5.05. The molecular formula is C23H22N4O4. The second kappa shape index (κ2) is 9.13. The fourth-order valence-corrected chi connectivity index (χ4v) is 3.29. The molecule has 2 aromatic carbocycles. The molecule has 1 N–H and O–H groups in total. The molecule has 158 valence electrons. The van der Waals surface area contributed by atoms with Crippen molar-refractivity contribution >= 4 is 17.4 Å². The zero-order chi connectivity index (χ0) is 22.5. The average molecular weight is 418 g/mol. The Hall–Kier alpha value is -4.12. The van der Waals surface area contributed by atoms with E-state index in [1.807, 2.05) is 48.7 Å². The van der Waals surface area contributed by atoms with Crippen LogP contribution in [0.1, 0.15) is 27.9 Å². The van der Waals surface area contributed by atoms with Crippen molar-refractivity contribution in [2.45, 2.75) is 27.3 Å². The molecule has 0 aliphatic carbocycles. The Balaban J connectivity index is 1.83. The van der Waals surface area contributed by atoms with Crippen LogP contribution in [-0.4, -0.2) is 22.0 Å². The zero-order valence-electron chi connectivity index (χ0n) is 17.5. The Morgan fingerprint density at radius 2 is 1.90 bits per heavy atom. The smallest absolute Gasteiger partial charge is 0.310 e. The number of anilines is 1. The van der Waals surface area contributed by atoms with Crippen LogP contribution in [0.3, 0.4) is 0 Å². The van der Waals surface area contributed by atoms with Crippen molar-refractivity contribution in [2.24, 2.45) is 0 Å². The molecule has 0 aliphatic rings. The lowest BCUT2D eigenvalue weighted by Gasteiger charge is -2.14. The van der Waals surface area contributed by atoms with E-state index in [-0.39, 0.29) is 11.4 Å². The predicted octanol–water partition coefficient (Wildman–Crippen LogP) is 4.26. The summed E-state index contributed by atoms with van der Waals surface area (Å²) in [5, 5.41) is 23.6. The van der Waals surface area contributed by atoms with E-state index >= 15 is 0 Å². The van der Waals surface area contributed by atoms with E-state index in [0.717, 1.165) is 22.4 Å². The summed E-state index contributed by atoms with van der Waals surface area (Å²) >= 11 is 0. The number of carbonyl (C=O) groups excluding carboxylic acids is 1. The molecule has 3 rings (SSSR count). The van der Waals surface area contributed by atoms with Crippen LogP contribution < -0.4 is 10.1 Å². The Kier molecular flexibility index (Phi) is 6.36. The highest BCUT2D eigenvalue weighted by Gasteiger charge is 2.21. The van der Waals surface area contributed by atoms with Crippen LogP contribution >= 0.6 is 0 Å². The standard InChI is InChI=1S/C23H22N4O4/c1-15-9-10-20(27(29)30)21(11-15)31-14-22(28)25-23-19(12-24)16(2)17(3)26(23)13-18-7-5-4-6-8-18/h4-11H,13-14H2,1-3H3,(H,25,28). The van der Waals surface area contributed by atoms with Crippen molar-refractivity contribution in [2.75, 3.05) is 11.9 Å². The Morgan fingerprint density at radius 1 is 1.19 bits per heavy atom. The lowest BCUT2D eigenvalue weighted by molar-refractivity contribution is -0.385. The fraction of sp³-hybridized carbons (Fsp3) is 0.217. The highest BCUT2D eigenvalue weighted by atomic mass is 16.6. The molecule has 1 aromatic heterocycles. The maximum Gasteiger partial charge on any atom is 0.310 e. The first-order chi connectivity index (χ1) is 14.8. The van der Waals surface area contributed by atoms with Gasteiger partial charge in [0, 0.05) is 18.3 Å². The molecule has 0 atom stereocenters. The molecule has 0 fully saturated rings. The molecule has 8 nitrogen and oxygen atoms in total. The topological polar surface area (TPSA) is 110 Å². The second-order valence-corrected chi connectivity index (χ2v) is 7.18. The van der Waals surface area contributed by atoms with Gasteiger partial charge < -0.3 is 14.6 Å². The van der Waals surface area contributed by atoms with Gasteiger partial charge in [0.25, 0.3) is 5.91 Å². The molecule has 0 radical (unpaired) electrons. The number of nitrogens with zero attached hydrogens (tertiary/aromatic N) is 3. The van der Waals surface area contributed by atoms with Crippen LogP contribution in [0.2, 0.25) is 0 Å². The van der Waals surface area contributed by atoms with Crippen LogP contribution in [0, 0.1) is 42.2 Å². The summed E-state index contributed by atoms with van der Waals surface area (Å²) in [7, 11) is 0. The SMILES string of the molecule is Cc1ccc([N+](=O)[O-])c(OCC(=O)Nc2c(C#N)c(C)c(C)n2Cc2ccccc2)c1. The fourth-order valence-electron chi connectivity index (χ4n) is 3.29. The van der Waals surface area contributed by atoms with Gasteiger partial charge in [0.1, 0.15) is 11.9 Å². The van der Waals surface area contributed by atoms with Crippen LogP contribution in [0.15, 0.2) is 48.5 Å². The largest absolute Gasteiger partial charge is 0.477 e. The number of amides is 1. The Bertz CT molecular complexity index is 1180. The molecule has 0 bridgehead atoms. The molecule has 31 heavy (non-hydrogen) atoms. The number of aromatic nitrogens is 1. The lowest BCUT2D eigenvalue weighted by Crippen LogP contribution is -2.23. The summed E-state index contributed by atoms with van der Waals surface area (Å²) in [5.74, 6) is -0.111. The van der Waals surface area contributed by atoms with Gasteiger partial charge in [0.15, 0.2) is 12.4 Å². The van der Waals surface area contributed by atoms with E-state index in [1.165, 1.54) is 12.1 Å². The highest BCUT2D eigenvalue weighted by molar-refractivity contribution is 5.93. The number of nitrogens with one attached hydrogen (secondary N) is 1. The van der Waals surface area contributed by atoms with Crippen LogP contribution in [-0.2, 0) is 11.3 Å². The number of nitro benzene ring substituents is 1. The molecule has 0 aliphatic heterocycles. The van der Waals surface area contributed by atoms with Gasteiger partial charge in [-0.1, -0.05) is 36.4 Å². The molecular weight excluding hydrogens is 396 g/mol. The second-order valence-electron chi connectivity index (χ2n) is 7.18. The molecule has 1 amide bonds. The van der Waals surface area contributed by atoms with Crippen LogP contribution in [0.4, 0.5) is 11.5 Å². The minimum atomic E-state index is -0.557. The predicted molar refractivity (Wildman–Crippen MR) is 116 cm³/mol. The van der Waals surface area contributed by atoms with Crippen molar-refractivity contribution in [3.63, 3.8) is 0 Å². The van der Waals surface area contributed by atoms with E-state index in [4.69, 9.17) is 4.74 Å². The number of benzene rings is 2. The third-order valence-electron chi connectivity index (χ3n) is 5.05. The van der Waals surface area contributed by atoms with Crippen molar-refractivity contribution < 1.29 is 14.5 Å². The summed E-state index contributed by atoms with van der Waals surface area (Å²) in [5.41, 5.74) is 3.61. The summed E-state index contributed by atoms with van der Waals surface area (Å²) in [6.07, 6.45) is 0. The number of rotatable bonds is 7. The van der Waals surface area contributed by atoms with Gasteiger partial charge in [-0.25, -0.2) is 0 Å². The molecule has 1 heterocycles. The lowest BCUT2D eigenvalue weighted by atomic mass is 10.2. The number of hydrogen-bond acceptors (Lipinski definition) is 5. The highest BCUT2D eigenvalue weighted by Crippen LogP contribution is 2.29. The van der Waals surface area contributed by atoms with Gasteiger partial charge in [-0.2, -0.15) is 5.26 Å². The normalized spacial score (nSPS) is 10.4. The average Bonchev–Trinajstić information content (AvgIpc) is 2.96. The van der Waals surface area contributed by atoms with E-state index in [1.54, 1.807) is 13.0 Å². The first kappa shape index (κ1) is 21.6. The van der Waals surface area contributed by atoms with Gasteiger partial charge >= 0.3 is 5.69 Å².